The van der Waals surface area contributed by atoms with E-state index < -0.39 is 0 Å². The van der Waals surface area contributed by atoms with E-state index in [0.717, 1.165) is 57.3 Å². The van der Waals surface area contributed by atoms with Gasteiger partial charge in [-0.3, -0.25) is 4.98 Å². The number of aryl methyl sites for hydroxylation is 1. The lowest BCUT2D eigenvalue weighted by atomic mass is 10.2. The number of hydrogen-bond donors (Lipinski definition) is 1. The molecule has 0 amide bonds. The molecule has 1 N–H and O–H groups in total. The molecule has 0 spiro atoms. The van der Waals surface area contributed by atoms with E-state index in [2.05, 4.69) is 25.5 Å². The maximum Gasteiger partial charge on any atom is 0.206 e. The number of pyridine rings is 1. The van der Waals surface area contributed by atoms with Crippen molar-refractivity contribution in [2.24, 2.45) is 0 Å². The summed E-state index contributed by atoms with van der Waals surface area (Å²) in [5.74, 6) is 0.676. The normalized spacial score (nSPS) is 16.6. The Morgan fingerprint density at radius 2 is 2.22 bits per heavy atom. The molecule has 9 heteroatoms. The van der Waals surface area contributed by atoms with Crippen LogP contribution in [-0.4, -0.2) is 44.4 Å². The molecule has 3 aromatic heterocycles. The van der Waals surface area contributed by atoms with Crippen LogP contribution in [0.15, 0.2) is 33.9 Å². The molecule has 1 fully saturated rings. The van der Waals surface area contributed by atoms with Gasteiger partial charge in [-0.2, -0.15) is 0 Å². The number of hydrogen-bond acceptors (Lipinski definition) is 9. The summed E-state index contributed by atoms with van der Waals surface area (Å²) in [5.41, 5.74) is 2.91. The number of nitrogens with zero attached hydrogens (tertiary/aromatic N) is 5. The number of aromatic nitrogens is 5. The van der Waals surface area contributed by atoms with Crippen molar-refractivity contribution in [3.63, 3.8) is 0 Å². The molecule has 1 aliphatic rings. The molecular formula is C18H20N6OS2. The van der Waals surface area contributed by atoms with Crippen LogP contribution in [0.4, 0.5) is 5.13 Å². The zero-order chi connectivity index (χ0) is 18.6. The third kappa shape index (κ3) is 4.42. The molecule has 1 saturated heterocycles. The maximum absolute atomic E-state index is 5.63. The summed E-state index contributed by atoms with van der Waals surface area (Å²) in [7, 11) is 0. The predicted octanol–water partition coefficient (Wildman–Crippen LogP) is 3.75. The molecule has 0 aliphatic carbocycles. The Bertz CT molecular complexity index is 911. The monoisotopic (exact) mass is 400 g/mol. The van der Waals surface area contributed by atoms with Gasteiger partial charge in [0.2, 0.25) is 5.13 Å². The number of ether oxygens (including phenoxy) is 1. The van der Waals surface area contributed by atoms with Gasteiger partial charge in [-0.1, -0.05) is 11.3 Å². The molecule has 0 aromatic carbocycles. The smallest absolute Gasteiger partial charge is 0.206 e. The van der Waals surface area contributed by atoms with Crippen LogP contribution in [0.5, 0.6) is 0 Å². The zero-order valence-corrected chi connectivity index (χ0v) is 16.8. The summed E-state index contributed by atoms with van der Waals surface area (Å²) in [6, 6.07) is 3.85. The van der Waals surface area contributed by atoms with E-state index >= 15 is 0 Å². The highest BCUT2D eigenvalue weighted by atomic mass is 32.2. The molecular weight excluding hydrogens is 380 g/mol. The number of nitrogens with one attached hydrogen (secondary N) is 1. The van der Waals surface area contributed by atoms with Gasteiger partial charge in [-0.25, -0.2) is 9.97 Å². The van der Waals surface area contributed by atoms with E-state index in [-0.39, 0.29) is 6.10 Å². The largest absolute Gasteiger partial charge is 0.376 e. The summed E-state index contributed by atoms with van der Waals surface area (Å²) in [6.07, 6.45) is 6.03. The average Bonchev–Trinajstić information content (AvgIpc) is 3.36. The standard InChI is InChI=1S/C18H20N6OS2/c1-11-12(2)21-15(13-5-3-7-19-9-13)22-16(11)26-18-24-23-17(27-18)20-10-14-6-4-8-25-14/h3,5,7,9,14H,4,6,8,10H2,1-2H3,(H,20,23). The fourth-order valence-electron chi connectivity index (χ4n) is 2.74. The van der Waals surface area contributed by atoms with Crippen molar-refractivity contribution in [1.29, 1.82) is 0 Å². The molecule has 0 radical (unpaired) electrons. The fraction of sp³-hybridized carbons (Fsp3) is 0.389. The van der Waals surface area contributed by atoms with Crippen molar-refractivity contribution in [3.8, 4) is 11.4 Å². The second-order valence-corrected chi connectivity index (χ2v) is 8.51. The van der Waals surface area contributed by atoms with Gasteiger partial charge < -0.3 is 10.1 Å². The zero-order valence-electron chi connectivity index (χ0n) is 15.2. The molecule has 140 valence electrons. The number of anilines is 1. The average molecular weight is 401 g/mol. The van der Waals surface area contributed by atoms with Crippen molar-refractivity contribution < 1.29 is 4.74 Å². The van der Waals surface area contributed by atoms with Gasteiger partial charge in [0.05, 0.1) is 6.10 Å². The van der Waals surface area contributed by atoms with Gasteiger partial charge in [-0.15, -0.1) is 10.2 Å². The summed E-state index contributed by atoms with van der Waals surface area (Å²) in [4.78, 5) is 13.5. The van der Waals surface area contributed by atoms with Gasteiger partial charge in [0.25, 0.3) is 0 Å². The molecule has 1 unspecified atom stereocenters. The highest BCUT2D eigenvalue weighted by Gasteiger charge is 2.17. The van der Waals surface area contributed by atoms with Crippen molar-refractivity contribution in [2.75, 3.05) is 18.5 Å². The number of rotatable bonds is 6. The highest BCUT2D eigenvalue weighted by Crippen LogP contribution is 2.34. The Labute approximate surface area is 166 Å². The van der Waals surface area contributed by atoms with Gasteiger partial charge in [0, 0.05) is 42.4 Å². The Hall–Kier alpha value is -2.10. The third-order valence-electron chi connectivity index (χ3n) is 4.36. The molecule has 1 atom stereocenters. The van der Waals surface area contributed by atoms with Crippen LogP contribution in [-0.2, 0) is 4.74 Å². The summed E-state index contributed by atoms with van der Waals surface area (Å²) in [5, 5.41) is 13.5. The van der Waals surface area contributed by atoms with Crippen molar-refractivity contribution in [3.05, 3.63) is 35.8 Å². The topological polar surface area (TPSA) is 85.7 Å². The van der Waals surface area contributed by atoms with Gasteiger partial charge in [-0.05, 0) is 50.6 Å². The van der Waals surface area contributed by atoms with Crippen LogP contribution < -0.4 is 5.32 Å². The minimum absolute atomic E-state index is 0.277. The molecule has 4 rings (SSSR count). The second kappa shape index (κ2) is 8.28. The quantitative estimate of drug-likeness (QED) is 0.626. The maximum atomic E-state index is 5.63. The lowest BCUT2D eigenvalue weighted by molar-refractivity contribution is 0.120. The Kier molecular flexibility index (Phi) is 5.61. The van der Waals surface area contributed by atoms with E-state index in [1.54, 1.807) is 12.4 Å². The predicted molar refractivity (Wildman–Crippen MR) is 106 cm³/mol. The summed E-state index contributed by atoms with van der Waals surface area (Å²) < 4.78 is 6.48. The van der Waals surface area contributed by atoms with Crippen molar-refractivity contribution in [1.82, 2.24) is 25.1 Å². The van der Waals surface area contributed by atoms with Crippen LogP contribution >= 0.6 is 23.1 Å². The Balaban J connectivity index is 1.49. The second-order valence-electron chi connectivity index (χ2n) is 6.30. The Morgan fingerprint density at radius 3 is 3.00 bits per heavy atom. The molecule has 7 nitrogen and oxygen atoms in total. The van der Waals surface area contributed by atoms with E-state index in [9.17, 15) is 0 Å². The Morgan fingerprint density at radius 1 is 1.30 bits per heavy atom. The first kappa shape index (κ1) is 18.3. The van der Waals surface area contributed by atoms with Gasteiger partial charge in [0.1, 0.15) is 5.03 Å². The van der Waals surface area contributed by atoms with Crippen molar-refractivity contribution >= 4 is 28.2 Å². The lowest BCUT2D eigenvalue weighted by Gasteiger charge is -2.09. The first-order valence-corrected chi connectivity index (χ1v) is 10.4. The summed E-state index contributed by atoms with van der Waals surface area (Å²) >= 11 is 3.05. The van der Waals surface area contributed by atoms with E-state index in [0.29, 0.717) is 5.82 Å². The first-order chi connectivity index (χ1) is 13.2. The van der Waals surface area contributed by atoms with Crippen molar-refractivity contribution in [2.45, 2.75) is 42.2 Å². The molecule has 1 aliphatic heterocycles. The third-order valence-corrected chi connectivity index (χ3v) is 6.38. The van der Waals surface area contributed by atoms with E-state index in [1.165, 1.54) is 23.1 Å². The SMILES string of the molecule is Cc1nc(-c2cccnc2)nc(Sc2nnc(NCC3CCCO3)s2)c1C. The van der Waals surface area contributed by atoms with Crippen LogP contribution in [0.25, 0.3) is 11.4 Å². The lowest BCUT2D eigenvalue weighted by Crippen LogP contribution is -2.18. The fourth-order valence-corrected chi connectivity index (χ4v) is 4.54. The van der Waals surface area contributed by atoms with Crippen LogP contribution in [0.1, 0.15) is 24.1 Å². The first-order valence-electron chi connectivity index (χ1n) is 8.81. The molecule has 0 bridgehead atoms. The molecule has 4 heterocycles. The molecule has 3 aromatic rings. The van der Waals surface area contributed by atoms with Crippen LogP contribution in [0.3, 0.4) is 0 Å². The van der Waals surface area contributed by atoms with Gasteiger partial charge in [0.15, 0.2) is 10.2 Å². The van der Waals surface area contributed by atoms with Crippen LogP contribution in [0.2, 0.25) is 0 Å². The van der Waals surface area contributed by atoms with E-state index in [1.807, 2.05) is 26.0 Å². The molecule has 0 saturated carbocycles. The summed E-state index contributed by atoms with van der Waals surface area (Å²) in [6.45, 7) is 5.66. The highest BCUT2D eigenvalue weighted by molar-refractivity contribution is 8.01. The minimum Gasteiger partial charge on any atom is -0.376 e. The van der Waals surface area contributed by atoms with Gasteiger partial charge >= 0.3 is 0 Å². The van der Waals surface area contributed by atoms with E-state index in [4.69, 9.17) is 9.72 Å². The minimum atomic E-state index is 0.277. The van der Waals surface area contributed by atoms with Crippen LogP contribution in [0, 0.1) is 13.8 Å². The molecule has 27 heavy (non-hydrogen) atoms.